The van der Waals surface area contributed by atoms with Gasteiger partial charge in [0.15, 0.2) is 0 Å². The lowest BCUT2D eigenvalue weighted by Gasteiger charge is -2.26. The van der Waals surface area contributed by atoms with E-state index in [1.165, 1.54) is 19.3 Å². The van der Waals surface area contributed by atoms with Gasteiger partial charge >= 0.3 is 0 Å². The molecule has 1 aliphatic carbocycles. The van der Waals surface area contributed by atoms with Gasteiger partial charge in [0.05, 0.1) is 6.04 Å². The Morgan fingerprint density at radius 2 is 1.82 bits per heavy atom. The summed E-state index contributed by atoms with van der Waals surface area (Å²) >= 11 is 0. The molecule has 0 radical (unpaired) electrons. The van der Waals surface area contributed by atoms with Crippen LogP contribution < -0.4 is 10.6 Å². The van der Waals surface area contributed by atoms with E-state index in [-0.39, 0.29) is 24.4 Å². The Hall–Kier alpha value is -0.280. The van der Waals surface area contributed by atoms with Crippen LogP contribution in [-0.2, 0) is 4.79 Å². The largest absolute Gasteiger partial charge is 0.352 e. The second-order valence-electron chi connectivity index (χ2n) is 5.31. The van der Waals surface area contributed by atoms with Crippen LogP contribution in [0.25, 0.3) is 0 Å². The Bertz CT molecular complexity index is 215. The van der Waals surface area contributed by atoms with Crippen LogP contribution in [0.1, 0.15) is 52.4 Å². The van der Waals surface area contributed by atoms with E-state index in [0.29, 0.717) is 12.0 Å². The van der Waals surface area contributed by atoms with Crippen molar-refractivity contribution >= 4 is 18.3 Å². The second-order valence-corrected chi connectivity index (χ2v) is 5.31. The zero-order valence-electron chi connectivity index (χ0n) is 11.3. The van der Waals surface area contributed by atoms with E-state index in [9.17, 15) is 4.79 Å². The van der Waals surface area contributed by atoms with Gasteiger partial charge in [0.2, 0.25) is 5.91 Å². The maximum Gasteiger partial charge on any atom is 0.237 e. The van der Waals surface area contributed by atoms with Gasteiger partial charge in [-0.3, -0.25) is 4.79 Å². The maximum atomic E-state index is 12.0. The summed E-state index contributed by atoms with van der Waals surface area (Å²) in [6, 6.07) is 0.395. The lowest BCUT2D eigenvalue weighted by atomic mass is 9.95. The van der Waals surface area contributed by atoms with Crippen molar-refractivity contribution in [2.75, 3.05) is 7.05 Å². The van der Waals surface area contributed by atoms with Crippen LogP contribution in [0.15, 0.2) is 0 Å². The van der Waals surface area contributed by atoms with Gasteiger partial charge in [0.1, 0.15) is 0 Å². The Morgan fingerprint density at radius 1 is 1.24 bits per heavy atom. The molecule has 0 aliphatic heterocycles. The van der Waals surface area contributed by atoms with Gasteiger partial charge in [-0.05, 0) is 32.2 Å². The summed E-state index contributed by atoms with van der Waals surface area (Å²) in [6.45, 7) is 4.30. The summed E-state index contributed by atoms with van der Waals surface area (Å²) in [5.74, 6) is 0.734. The fraction of sp³-hybridized carbons (Fsp3) is 0.923. The van der Waals surface area contributed by atoms with Crippen molar-refractivity contribution in [2.45, 2.75) is 64.5 Å². The Balaban J connectivity index is 0.00000256. The van der Waals surface area contributed by atoms with Crippen LogP contribution in [0.5, 0.6) is 0 Å². The predicted octanol–water partition coefficient (Wildman–Crippen LogP) is 2.49. The zero-order valence-corrected chi connectivity index (χ0v) is 12.1. The third-order valence-corrected chi connectivity index (χ3v) is 3.32. The molecule has 1 amide bonds. The van der Waals surface area contributed by atoms with Crippen molar-refractivity contribution < 1.29 is 4.79 Å². The highest BCUT2D eigenvalue weighted by Crippen LogP contribution is 2.17. The minimum absolute atomic E-state index is 0. The summed E-state index contributed by atoms with van der Waals surface area (Å²) in [6.07, 6.45) is 7.08. The van der Waals surface area contributed by atoms with Crippen LogP contribution in [0.3, 0.4) is 0 Å². The van der Waals surface area contributed by atoms with Gasteiger partial charge in [0.25, 0.3) is 0 Å². The molecule has 0 unspecified atom stereocenters. The number of carbonyl (C=O) groups excluding carboxylic acids is 1. The molecule has 1 saturated carbocycles. The highest BCUT2D eigenvalue weighted by Gasteiger charge is 2.21. The van der Waals surface area contributed by atoms with Crippen LogP contribution in [0.2, 0.25) is 0 Å². The number of hydrogen-bond acceptors (Lipinski definition) is 2. The molecule has 0 spiro atoms. The van der Waals surface area contributed by atoms with Gasteiger partial charge in [-0.1, -0.05) is 33.1 Å². The molecule has 1 rings (SSSR count). The van der Waals surface area contributed by atoms with E-state index in [2.05, 4.69) is 24.5 Å². The van der Waals surface area contributed by atoms with Crippen molar-refractivity contribution in [1.29, 1.82) is 0 Å². The minimum atomic E-state index is -0.0260. The molecule has 0 aromatic heterocycles. The Kier molecular flexibility index (Phi) is 8.61. The van der Waals surface area contributed by atoms with Crippen molar-refractivity contribution in [1.82, 2.24) is 10.6 Å². The summed E-state index contributed by atoms with van der Waals surface area (Å²) in [7, 11) is 1.87. The van der Waals surface area contributed by atoms with Gasteiger partial charge in [-0.25, -0.2) is 0 Å². The molecule has 0 saturated heterocycles. The van der Waals surface area contributed by atoms with Gasteiger partial charge < -0.3 is 10.6 Å². The van der Waals surface area contributed by atoms with E-state index < -0.39 is 0 Å². The molecular weight excluding hydrogens is 236 g/mol. The molecule has 1 atom stereocenters. The average molecular weight is 263 g/mol. The van der Waals surface area contributed by atoms with Crippen molar-refractivity contribution in [3.63, 3.8) is 0 Å². The Morgan fingerprint density at radius 3 is 2.29 bits per heavy atom. The molecule has 4 heteroatoms. The van der Waals surface area contributed by atoms with Gasteiger partial charge in [-0.15, -0.1) is 12.4 Å². The molecule has 3 nitrogen and oxygen atoms in total. The summed E-state index contributed by atoms with van der Waals surface area (Å²) in [5, 5.41) is 6.28. The average Bonchev–Trinajstić information content (AvgIpc) is 2.26. The number of likely N-dealkylation sites (N-methyl/N-ethyl adjacent to an activating group) is 1. The lowest BCUT2D eigenvalue weighted by molar-refractivity contribution is -0.124. The monoisotopic (exact) mass is 262 g/mol. The summed E-state index contributed by atoms with van der Waals surface area (Å²) in [5.41, 5.74) is 0. The topological polar surface area (TPSA) is 41.1 Å². The first-order valence-corrected chi connectivity index (χ1v) is 6.61. The molecule has 0 bridgehead atoms. The molecule has 0 heterocycles. The van der Waals surface area contributed by atoms with E-state index in [4.69, 9.17) is 0 Å². The molecule has 0 aromatic rings. The van der Waals surface area contributed by atoms with Crippen molar-refractivity contribution in [3.05, 3.63) is 0 Å². The third-order valence-electron chi connectivity index (χ3n) is 3.32. The summed E-state index contributed by atoms with van der Waals surface area (Å²) in [4.78, 5) is 12.0. The number of carbonyl (C=O) groups is 1. The molecule has 1 aliphatic rings. The zero-order chi connectivity index (χ0) is 12.0. The second kappa shape index (κ2) is 8.76. The smallest absolute Gasteiger partial charge is 0.237 e. The molecular formula is C13H27ClN2O. The fourth-order valence-corrected chi connectivity index (χ4v) is 2.38. The van der Waals surface area contributed by atoms with E-state index in [1.807, 2.05) is 7.05 Å². The minimum Gasteiger partial charge on any atom is -0.352 e. The van der Waals surface area contributed by atoms with Crippen molar-refractivity contribution in [2.24, 2.45) is 5.92 Å². The van der Waals surface area contributed by atoms with Crippen LogP contribution in [0.4, 0.5) is 0 Å². The Labute approximate surface area is 112 Å². The normalized spacial score (nSPS) is 18.6. The van der Waals surface area contributed by atoms with Crippen molar-refractivity contribution in [3.8, 4) is 0 Å². The standard InChI is InChI=1S/C13H26N2O.ClH/c1-10(2)9-12(14-3)13(16)15-11-7-5-4-6-8-11;/h10-12,14H,4-9H2,1-3H3,(H,15,16);1H/t12-;/m0./s1. The highest BCUT2D eigenvalue weighted by atomic mass is 35.5. The number of hydrogen-bond donors (Lipinski definition) is 2. The molecule has 17 heavy (non-hydrogen) atoms. The van der Waals surface area contributed by atoms with E-state index >= 15 is 0 Å². The fourth-order valence-electron chi connectivity index (χ4n) is 2.38. The quantitative estimate of drug-likeness (QED) is 0.799. The van der Waals surface area contributed by atoms with Crippen LogP contribution >= 0.6 is 12.4 Å². The van der Waals surface area contributed by atoms with Crippen LogP contribution in [-0.4, -0.2) is 25.0 Å². The van der Waals surface area contributed by atoms with Gasteiger partial charge in [-0.2, -0.15) is 0 Å². The van der Waals surface area contributed by atoms with E-state index in [0.717, 1.165) is 19.3 Å². The number of halogens is 1. The predicted molar refractivity (Wildman–Crippen MR) is 74.6 cm³/mol. The SMILES string of the molecule is CN[C@@H](CC(C)C)C(=O)NC1CCCCC1.Cl. The first-order chi connectivity index (χ1) is 7.63. The van der Waals surface area contributed by atoms with Gasteiger partial charge in [0, 0.05) is 6.04 Å². The molecule has 102 valence electrons. The first kappa shape index (κ1) is 16.7. The van der Waals surface area contributed by atoms with E-state index in [1.54, 1.807) is 0 Å². The lowest BCUT2D eigenvalue weighted by Crippen LogP contribution is -2.47. The molecule has 0 aromatic carbocycles. The number of nitrogens with one attached hydrogen (secondary N) is 2. The van der Waals surface area contributed by atoms with Crippen LogP contribution in [0, 0.1) is 5.92 Å². The third kappa shape index (κ3) is 6.27. The summed E-state index contributed by atoms with van der Waals surface area (Å²) < 4.78 is 0. The first-order valence-electron chi connectivity index (χ1n) is 6.61. The molecule has 1 fully saturated rings. The highest BCUT2D eigenvalue weighted by molar-refractivity contribution is 5.85. The molecule has 2 N–H and O–H groups in total. The maximum absolute atomic E-state index is 12.0. The number of rotatable bonds is 5. The number of amides is 1.